The molecule has 0 spiro atoms. The van der Waals surface area contributed by atoms with Gasteiger partial charge in [0.1, 0.15) is 34.6 Å². The second-order valence-electron chi connectivity index (χ2n) is 8.06. The van der Waals surface area contributed by atoms with Gasteiger partial charge in [0.25, 0.3) is 0 Å². The Kier molecular flexibility index (Phi) is 16.3. The van der Waals surface area contributed by atoms with Crippen molar-refractivity contribution in [3.63, 3.8) is 0 Å². The molecule has 2 heterocycles. The van der Waals surface area contributed by atoms with Crippen LogP contribution in [0.4, 0.5) is 11.8 Å². The lowest BCUT2D eigenvalue weighted by atomic mass is 10.5. The van der Waals surface area contributed by atoms with E-state index < -0.39 is 37.0 Å². The summed E-state index contributed by atoms with van der Waals surface area (Å²) in [6.07, 6.45) is 0. The molecular formula is C20H30Cl4N6O10P2. The summed E-state index contributed by atoms with van der Waals surface area (Å²) in [5.41, 5.74) is 0. The summed E-state index contributed by atoms with van der Waals surface area (Å²) in [5.74, 6) is -0.506. The molecule has 0 saturated heterocycles. The molecule has 0 saturated carbocycles. The number of nitrogens with one attached hydrogen (secondary N) is 2. The van der Waals surface area contributed by atoms with E-state index in [1.807, 2.05) is 0 Å². The Bertz CT molecular complexity index is 1130. The van der Waals surface area contributed by atoms with Gasteiger partial charge in [-0.3, -0.25) is 38.4 Å². The predicted molar refractivity (Wildman–Crippen MR) is 158 cm³/mol. The largest absolute Gasteiger partial charge is 0.433 e. The van der Waals surface area contributed by atoms with Crippen LogP contribution in [0.3, 0.4) is 0 Å². The molecule has 0 amide bonds. The first kappa shape index (κ1) is 36.9. The van der Waals surface area contributed by atoms with Crippen molar-refractivity contribution in [1.82, 2.24) is 19.5 Å². The van der Waals surface area contributed by atoms with Gasteiger partial charge in [0, 0.05) is 62.8 Å². The van der Waals surface area contributed by atoms with Crippen molar-refractivity contribution < 1.29 is 36.9 Å². The molecule has 0 radical (unpaired) electrons. The molecule has 0 fully saturated rings. The topological polar surface area (TPSA) is 196 Å². The van der Waals surface area contributed by atoms with Crippen molar-refractivity contribution in [3.8, 4) is 0 Å². The summed E-state index contributed by atoms with van der Waals surface area (Å²) in [5, 5.41) is 27.4. The van der Waals surface area contributed by atoms with E-state index in [0.29, 0.717) is 0 Å². The second-order valence-corrected chi connectivity index (χ2v) is 13.9. The van der Waals surface area contributed by atoms with Crippen molar-refractivity contribution in [2.45, 2.75) is 13.2 Å². The van der Waals surface area contributed by atoms with Crippen LogP contribution in [-0.2, 0) is 31.4 Å². The molecule has 2 aromatic rings. The second kappa shape index (κ2) is 18.5. The molecule has 22 heteroatoms. The minimum absolute atomic E-state index is 0.0624. The molecule has 2 unspecified atom stereocenters. The number of halogens is 4. The third kappa shape index (κ3) is 11.3. The van der Waals surface area contributed by atoms with Gasteiger partial charge in [-0.25, -0.2) is 19.5 Å². The van der Waals surface area contributed by atoms with Gasteiger partial charge < -0.3 is 8.83 Å². The van der Waals surface area contributed by atoms with E-state index in [1.54, 1.807) is 0 Å². The molecule has 0 aromatic carbocycles. The zero-order chi connectivity index (χ0) is 31.2. The lowest BCUT2D eigenvalue weighted by Gasteiger charge is -2.32. The van der Waals surface area contributed by atoms with E-state index in [4.69, 9.17) is 64.3 Å². The van der Waals surface area contributed by atoms with Gasteiger partial charge in [0.05, 0.1) is 12.1 Å². The molecule has 42 heavy (non-hydrogen) atoms. The van der Waals surface area contributed by atoms with Gasteiger partial charge in [0.2, 0.25) is 0 Å². The summed E-state index contributed by atoms with van der Waals surface area (Å²) in [6, 6.07) is 4.92. The first-order valence-electron chi connectivity index (χ1n) is 12.2. The quantitative estimate of drug-likeness (QED) is 0.0489. The van der Waals surface area contributed by atoms with E-state index in [0.717, 1.165) is 12.1 Å². The Hall–Kier alpha value is -1.26. The van der Waals surface area contributed by atoms with E-state index in [2.05, 4.69) is 10.2 Å². The lowest BCUT2D eigenvalue weighted by molar-refractivity contribution is -0.402. The van der Waals surface area contributed by atoms with Crippen molar-refractivity contribution in [2.24, 2.45) is 0 Å². The molecule has 0 aliphatic carbocycles. The van der Waals surface area contributed by atoms with E-state index >= 15 is 0 Å². The summed E-state index contributed by atoms with van der Waals surface area (Å²) in [7, 11) is -7.73. The molecule has 0 bridgehead atoms. The van der Waals surface area contributed by atoms with Gasteiger partial charge in [-0.1, -0.05) is 0 Å². The lowest BCUT2D eigenvalue weighted by Crippen LogP contribution is -2.37. The number of furan rings is 2. The van der Waals surface area contributed by atoms with Crippen LogP contribution in [0.5, 0.6) is 0 Å². The van der Waals surface area contributed by atoms with Crippen LogP contribution in [0.25, 0.3) is 0 Å². The highest BCUT2D eigenvalue weighted by atomic mass is 35.5. The van der Waals surface area contributed by atoms with E-state index in [1.165, 1.54) is 21.5 Å². The van der Waals surface area contributed by atoms with Gasteiger partial charge in [0.15, 0.2) is 0 Å². The van der Waals surface area contributed by atoms with Crippen LogP contribution in [-0.4, -0.2) is 82.0 Å². The van der Waals surface area contributed by atoms with Crippen LogP contribution in [0, 0.1) is 20.2 Å². The molecule has 16 nitrogen and oxygen atoms in total. The Labute approximate surface area is 261 Å². The Morgan fingerprint density at radius 1 is 0.690 bits per heavy atom. The van der Waals surface area contributed by atoms with Gasteiger partial charge in [-0.05, 0) is 12.1 Å². The maximum atomic E-state index is 13.9. The van der Waals surface area contributed by atoms with Crippen molar-refractivity contribution in [3.05, 3.63) is 56.0 Å². The number of rotatable bonds is 23. The SMILES string of the molecule is O=[N+]([O-])c1ccc(COP(=O)(NCCNP(=O)(OCc2ccc([N+](=O)[O-])o2)N(CCCl)CCCl)N(CCCl)CCCl)o1. The summed E-state index contributed by atoms with van der Waals surface area (Å²) < 4.78 is 52.1. The molecule has 0 aliphatic rings. The highest BCUT2D eigenvalue weighted by Crippen LogP contribution is 2.49. The van der Waals surface area contributed by atoms with Crippen molar-refractivity contribution in [1.29, 1.82) is 0 Å². The third-order valence-corrected chi connectivity index (χ3v) is 10.5. The average molecular weight is 718 g/mol. The van der Waals surface area contributed by atoms with E-state index in [-0.39, 0.29) is 87.5 Å². The summed E-state index contributed by atoms with van der Waals surface area (Å²) in [4.78, 5) is 20.4. The average Bonchev–Trinajstić information content (AvgIpc) is 3.64. The molecule has 2 atom stereocenters. The predicted octanol–water partition coefficient (Wildman–Crippen LogP) is 5.38. The zero-order valence-electron chi connectivity index (χ0n) is 22.1. The van der Waals surface area contributed by atoms with Crippen LogP contribution in [0.2, 0.25) is 0 Å². The van der Waals surface area contributed by atoms with Crippen molar-refractivity contribution >= 4 is 73.5 Å². The molecule has 0 aliphatic heterocycles. The van der Waals surface area contributed by atoms with Crippen LogP contribution in [0.1, 0.15) is 11.5 Å². The maximum absolute atomic E-state index is 13.9. The molecular weight excluding hydrogens is 688 g/mol. The zero-order valence-corrected chi connectivity index (χ0v) is 26.9. The van der Waals surface area contributed by atoms with Crippen molar-refractivity contribution in [2.75, 3.05) is 62.8 Å². The number of alkyl halides is 4. The van der Waals surface area contributed by atoms with Crippen LogP contribution >= 0.6 is 61.7 Å². The number of hydrogen-bond donors (Lipinski definition) is 2. The van der Waals surface area contributed by atoms with E-state index in [9.17, 15) is 29.4 Å². The first-order valence-corrected chi connectivity index (χ1v) is 17.5. The molecule has 2 N–H and O–H groups in total. The van der Waals surface area contributed by atoms with Gasteiger partial charge >= 0.3 is 27.1 Å². The fourth-order valence-corrected chi connectivity index (χ4v) is 8.42. The Balaban J connectivity index is 2.15. The van der Waals surface area contributed by atoms with Crippen LogP contribution < -0.4 is 10.2 Å². The number of nitrogens with zero attached hydrogens (tertiary/aromatic N) is 4. The Morgan fingerprint density at radius 3 is 1.29 bits per heavy atom. The Morgan fingerprint density at radius 2 is 1.02 bits per heavy atom. The molecule has 2 aromatic heterocycles. The number of hydrogen-bond acceptors (Lipinski definition) is 10. The highest BCUT2D eigenvalue weighted by molar-refractivity contribution is 7.54. The number of nitro groups is 2. The molecule has 238 valence electrons. The third-order valence-electron chi connectivity index (χ3n) is 5.28. The fourth-order valence-electron chi connectivity index (χ4n) is 3.38. The van der Waals surface area contributed by atoms with Gasteiger partial charge in [-0.2, -0.15) is 0 Å². The smallest absolute Gasteiger partial charge is 0.403 e. The molecule has 2 rings (SSSR count). The highest BCUT2D eigenvalue weighted by Gasteiger charge is 2.34. The minimum atomic E-state index is -3.86. The standard InChI is InChI=1S/C20H30Cl4N6O10P2/c21-5-11-27(12-6-22)41(35,37-15-17-1-3-19(39-17)29(31)32)25-9-10-26-42(36,28(13-7-23)14-8-24)38-16-18-2-4-20(40-18)30(33)34/h1-4H,5-16H2,(H,25,35)(H,26,36). The minimum Gasteiger partial charge on any atom is -0.403 e. The first-order chi connectivity index (χ1) is 20.0. The summed E-state index contributed by atoms with van der Waals surface area (Å²) in [6.45, 7) is -0.398. The normalized spacial score (nSPS) is 14.7. The maximum Gasteiger partial charge on any atom is 0.433 e. The fraction of sp³-hybridized carbons (Fsp3) is 0.600. The monoisotopic (exact) mass is 716 g/mol. The van der Waals surface area contributed by atoms with Crippen LogP contribution in [0.15, 0.2) is 33.1 Å². The summed E-state index contributed by atoms with van der Waals surface area (Å²) >= 11 is 23.6. The van der Waals surface area contributed by atoms with Gasteiger partial charge in [-0.15, -0.1) is 46.4 Å².